The molecule has 0 aliphatic rings. The second-order valence-corrected chi connectivity index (χ2v) is 6.42. The van der Waals surface area contributed by atoms with E-state index in [9.17, 15) is 4.79 Å². The van der Waals surface area contributed by atoms with Crippen LogP contribution >= 0.6 is 22.9 Å². The highest BCUT2D eigenvalue weighted by atomic mass is 35.5. The molecule has 4 nitrogen and oxygen atoms in total. The van der Waals surface area contributed by atoms with Crippen molar-refractivity contribution in [3.63, 3.8) is 0 Å². The third-order valence-electron chi connectivity index (χ3n) is 2.04. The fourth-order valence-electron chi connectivity index (χ4n) is 1.55. The van der Waals surface area contributed by atoms with E-state index in [-0.39, 0.29) is 5.91 Å². The molecular formula is C11H18ClN3OS. The normalized spacial score (nSPS) is 11.2. The molecule has 0 fully saturated rings. The molecule has 6 heteroatoms. The molecule has 1 aromatic heterocycles. The van der Waals surface area contributed by atoms with Crippen molar-refractivity contribution in [2.45, 2.75) is 27.7 Å². The summed E-state index contributed by atoms with van der Waals surface area (Å²) in [6.07, 6.45) is 0. The molecule has 0 bridgehead atoms. The van der Waals surface area contributed by atoms with Crippen LogP contribution in [0.25, 0.3) is 0 Å². The number of halogens is 1. The van der Waals surface area contributed by atoms with Crippen molar-refractivity contribution in [2.75, 3.05) is 13.1 Å². The largest absolute Gasteiger partial charge is 0.336 e. The van der Waals surface area contributed by atoms with Crippen LogP contribution in [-0.2, 0) is 0 Å². The molecule has 0 aliphatic heterocycles. The van der Waals surface area contributed by atoms with Crippen molar-refractivity contribution in [2.24, 2.45) is 11.8 Å². The molecule has 0 aliphatic carbocycles. The molecule has 1 rings (SSSR count). The van der Waals surface area contributed by atoms with Crippen molar-refractivity contribution in [3.8, 4) is 0 Å². The van der Waals surface area contributed by atoms with Gasteiger partial charge in [-0.1, -0.05) is 39.0 Å². The molecule has 1 aromatic rings. The van der Waals surface area contributed by atoms with E-state index in [0.717, 1.165) is 24.4 Å². The number of hydrogen-bond donors (Lipinski definition) is 0. The molecule has 17 heavy (non-hydrogen) atoms. The van der Waals surface area contributed by atoms with Crippen LogP contribution in [-0.4, -0.2) is 34.1 Å². The SMILES string of the molecule is CC(C)CN(CC(C)C)C(=O)c1nnc(Cl)s1. The highest BCUT2D eigenvalue weighted by Gasteiger charge is 2.21. The van der Waals surface area contributed by atoms with E-state index in [0.29, 0.717) is 21.3 Å². The minimum absolute atomic E-state index is 0.0724. The van der Waals surface area contributed by atoms with Crippen LogP contribution in [0.4, 0.5) is 0 Å². The molecule has 0 atom stereocenters. The molecule has 96 valence electrons. The van der Waals surface area contributed by atoms with Crippen LogP contribution < -0.4 is 0 Å². The van der Waals surface area contributed by atoms with Crippen LogP contribution in [0.1, 0.15) is 37.5 Å². The van der Waals surface area contributed by atoms with Gasteiger partial charge in [0, 0.05) is 13.1 Å². The third-order valence-corrected chi connectivity index (χ3v) is 3.05. The molecule has 0 aromatic carbocycles. The summed E-state index contributed by atoms with van der Waals surface area (Å²) in [6, 6.07) is 0. The minimum atomic E-state index is -0.0724. The Morgan fingerprint density at radius 1 is 1.24 bits per heavy atom. The van der Waals surface area contributed by atoms with Crippen LogP contribution in [0, 0.1) is 11.8 Å². The fourth-order valence-corrected chi connectivity index (χ4v) is 2.35. The van der Waals surface area contributed by atoms with Crippen LogP contribution in [0.2, 0.25) is 4.47 Å². The van der Waals surface area contributed by atoms with Gasteiger partial charge in [0.25, 0.3) is 5.91 Å². The van der Waals surface area contributed by atoms with Gasteiger partial charge in [0.15, 0.2) is 0 Å². The highest BCUT2D eigenvalue weighted by Crippen LogP contribution is 2.17. The van der Waals surface area contributed by atoms with E-state index in [4.69, 9.17) is 11.6 Å². The lowest BCUT2D eigenvalue weighted by Crippen LogP contribution is -2.37. The van der Waals surface area contributed by atoms with Crippen molar-refractivity contribution >= 4 is 28.8 Å². The first-order valence-corrected chi connectivity index (χ1v) is 6.87. The summed E-state index contributed by atoms with van der Waals surface area (Å²) in [7, 11) is 0. The predicted molar refractivity (Wildman–Crippen MR) is 70.5 cm³/mol. The molecule has 0 saturated carbocycles. The van der Waals surface area contributed by atoms with Crippen molar-refractivity contribution < 1.29 is 4.79 Å². The highest BCUT2D eigenvalue weighted by molar-refractivity contribution is 7.17. The summed E-state index contributed by atoms with van der Waals surface area (Å²) in [4.78, 5) is 14.0. The van der Waals surface area contributed by atoms with E-state index in [2.05, 4.69) is 37.9 Å². The summed E-state index contributed by atoms with van der Waals surface area (Å²) in [5.41, 5.74) is 0. The van der Waals surface area contributed by atoms with Crippen LogP contribution in [0.3, 0.4) is 0 Å². The molecule has 1 heterocycles. The Balaban J connectivity index is 2.78. The summed E-state index contributed by atoms with van der Waals surface area (Å²) in [6.45, 7) is 9.82. The van der Waals surface area contributed by atoms with Crippen molar-refractivity contribution in [1.82, 2.24) is 15.1 Å². The predicted octanol–water partition coefficient (Wildman–Crippen LogP) is 2.95. The number of aromatic nitrogens is 2. The Morgan fingerprint density at radius 3 is 2.12 bits per heavy atom. The van der Waals surface area contributed by atoms with Gasteiger partial charge in [0.1, 0.15) is 0 Å². The smallest absolute Gasteiger partial charge is 0.284 e. The summed E-state index contributed by atoms with van der Waals surface area (Å²) in [5, 5.41) is 7.83. The lowest BCUT2D eigenvalue weighted by molar-refractivity contribution is 0.0714. The molecule has 0 saturated heterocycles. The average molecular weight is 276 g/mol. The molecule has 0 spiro atoms. The lowest BCUT2D eigenvalue weighted by atomic mass is 10.1. The molecular weight excluding hydrogens is 258 g/mol. The van der Waals surface area contributed by atoms with Gasteiger partial charge in [0.05, 0.1) is 0 Å². The second kappa shape index (κ2) is 6.31. The van der Waals surface area contributed by atoms with E-state index in [1.807, 2.05) is 4.90 Å². The first-order valence-electron chi connectivity index (χ1n) is 5.68. The third kappa shape index (κ3) is 4.60. The summed E-state index contributed by atoms with van der Waals surface area (Å²) >= 11 is 6.83. The standard InChI is InChI=1S/C11H18ClN3OS/c1-7(2)5-15(6-8(3)4)10(16)9-13-14-11(12)17-9/h7-8H,5-6H2,1-4H3. The minimum Gasteiger partial charge on any atom is -0.336 e. The Kier molecular flexibility index (Phi) is 5.33. The Morgan fingerprint density at radius 2 is 1.76 bits per heavy atom. The van der Waals surface area contributed by atoms with E-state index in [1.54, 1.807) is 0 Å². The Hall–Kier alpha value is -0.680. The maximum Gasteiger partial charge on any atom is 0.284 e. The zero-order valence-corrected chi connectivity index (χ0v) is 12.2. The number of carbonyl (C=O) groups is 1. The number of nitrogens with zero attached hydrogens (tertiary/aromatic N) is 3. The van der Waals surface area contributed by atoms with Gasteiger partial charge in [-0.3, -0.25) is 4.79 Å². The lowest BCUT2D eigenvalue weighted by Gasteiger charge is -2.25. The van der Waals surface area contributed by atoms with E-state index in [1.165, 1.54) is 0 Å². The first kappa shape index (κ1) is 14.4. The van der Waals surface area contributed by atoms with E-state index < -0.39 is 0 Å². The van der Waals surface area contributed by atoms with Gasteiger partial charge in [-0.25, -0.2) is 0 Å². The molecule has 0 unspecified atom stereocenters. The molecule has 0 N–H and O–H groups in total. The fraction of sp³-hybridized carbons (Fsp3) is 0.727. The van der Waals surface area contributed by atoms with Gasteiger partial charge in [0.2, 0.25) is 9.47 Å². The maximum absolute atomic E-state index is 12.2. The topological polar surface area (TPSA) is 46.1 Å². The van der Waals surface area contributed by atoms with Crippen LogP contribution in [0.15, 0.2) is 0 Å². The number of hydrogen-bond acceptors (Lipinski definition) is 4. The summed E-state index contributed by atoms with van der Waals surface area (Å²) < 4.78 is 0.308. The number of amides is 1. The Labute approximate surface area is 111 Å². The molecule has 0 radical (unpaired) electrons. The molecule has 1 amide bonds. The quantitative estimate of drug-likeness (QED) is 0.830. The van der Waals surface area contributed by atoms with E-state index >= 15 is 0 Å². The first-order chi connectivity index (χ1) is 7.90. The zero-order valence-electron chi connectivity index (χ0n) is 10.6. The van der Waals surface area contributed by atoms with Crippen molar-refractivity contribution in [3.05, 3.63) is 9.47 Å². The van der Waals surface area contributed by atoms with Crippen molar-refractivity contribution in [1.29, 1.82) is 0 Å². The Bertz CT molecular complexity index is 369. The second-order valence-electron chi connectivity index (χ2n) is 4.86. The zero-order chi connectivity index (χ0) is 13.0. The van der Waals surface area contributed by atoms with Gasteiger partial charge < -0.3 is 4.90 Å². The number of carbonyl (C=O) groups excluding carboxylic acids is 1. The van der Waals surface area contributed by atoms with Gasteiger partial charge in [-0.05, 0) is 23.4 Å². The monoisotopic (exact) mass is 275 g/mol. The summed E-state index contributed by atoms with van der Waals surface area (Å²) in [5.74, 6) is 0.791. The van der Waals surface area contributed by atoms with Gasteiger partial charge in [-0.15, -0.1) is 10.2 Å². The maximum atomic E-state index is 12.2. The van der Waals surface area contributed by atoms with Gasteiger partial charge >= 0.3 is 0 Å². The van der Waals surface area contributed by atoms with Crippen LogP contribution in [0.5, 0.6) is 0 Å². The average Bonchev–Trinajstić information content (AvgIpc) is 2.61. The van der Waals surface area contributed by atoms with Gasteiger partial charge in [-0.2, -0.15) is 0 Å². The number of rotatable bonds is 5.